The molecular formula is C13H18N2O2. The fourth-order valence-corrected chi connectivity index (χ4v) is 1.36. The molecule has 1 N–H and O–H groups in total. The van der Waals surface area contributed by atoms with E-state index in [4.69, 9.17) is 4.74 Å². The summed E-state index contributed by atoms with van der Waals surface area (Å²) in [6, 6.07) is 3.65. The van der Waals surface area contributed by atoms with Gasteiger partial charge in [-0.3, -0.25) is 4.79 Å². The van der Waals surface area contributed by atoms with Crippen LogP contribution in [0.4, 0.5) is 0 Å². The molecule has 0 radical (unpaired) electrons. The summed E-state index contributed by atoms with van der Waals surface area (Å²) in [6.45, 7) is 4.29. The first kappa shape index (κ1) is 13.2. The number of amides is 1. The van der Waals surface area contributed by atoms with Crippen molar-refractivity contribution in [3.8, 4) is 5.88 Å². The minimum atomic E-state index is -0.0392. The van der Waals surface area contributed by atoms with Crippen molar-refractivity contribution in [1.29, 1.82) is 0 Å². The number of nitrogens with one attached hydrogen (secondary N) is 1. The molecule has 0 unspecified atom stereocenters. The number of nitrogens with zero attached hydrogens (tertiary/aromatic N) is 1. The van der Waals surface area contributed by atoms with Crippen LogP contribution in [0, 0.1) is 0 Å². The summed E-state index contributed by atoms with van der Waals surface area (Å²) in [7, 11) is 1.57. The highest BCUT2D eigenvalue weighted by Crippen LogP contribution is 2.06. The number of methoxy groups -OCH3 is 1. The van der Waals surface area contributed by atoms with Crippen molar-refractivity contribution in [2.75, 3.05) is 7.11 Å². The molecule has 0 spiro atoms. The molecule has 0 fully saturated rings. The number of pyridine rings is 1. The lowest BCUT2D eigenvalue weighted by molar-refractivity contribution is -0.117. The van der Waals surface area contributed by atoms with Gasteiger partial charge in [0, 0.05) is 24.4 Å². The monoisotopic (exact) mass is 234 g/mol. The first-order valence-electron chi connectivity index (χ1n) is 5.61. The second kappa shape index (κ2) is 6.68. The molecule has 1 amide bonds. The Kier molecular flexibility index (Phi) is 5.20. The van der Waals surface area contributed by atoms with Gasteiger partial charge in [0.1, 0.15) is 0 Å². The highest BCUT2D eigenvalue weighted by Gasteiger charge is 2.03. The molecule has 0 saturated heterocycles. The van der Waals surface area contributed by atoms with E-state index in [1.54, 1.807) is 19.4 Å². The van der Waals surface area contributed by atoms with E-state index in [9.17, 15) is 4.79 Å². The maximum atomic E-state index is 11.6. The largest absolute Gasteiger partial charge is 0.481 e. The van der Waals surface area contributed by atoms with Crippen LogP contribution in [0.3, 0.4) is 0 Å². The standard InChI is InChI=1S/C13H18N2O2/c1-4-5-10(2)13(16)15-9-11-6-7-12(17-3)14-8-11/h5-8H,4,9H2,1-3H3,(H,15,16)/b10-5+. The van der Waals surface area contributed by atoms with Crippen LogP contribution in [0.2, 0.25) is 0 Å². The zero-order chi connectivity index (χ0) is 12.7. The number of hydrogen-bond acceptors (Lipinski definition) is 3. The summed E-state index contributed by atoms with van der Waals surface area (Å²) in [4.78, 5) is 15.7. The van der Waals surface area contributed by atoms with Crippen LogP contribution in [0.15, 0.2) is 30.0 Å². The van der Waals surface area contributed by atoms with Gasteiger partial charge in [-0.15, -0.1) is 0 Å². The molecule has 1 aromatic rings. The van der Waals surface area contributed by atoms with Crippen molar-refractivity contribution in [2.24, 2.45) is 0 Å². The first-order valence-corrected chi connectivity index (χ1v) is 5.61. The van der Waals surface area contributed by atoms with Gasteiger partial charge in [-0.1, -0.05) is 19.1 Å². The van der Waals surface area contributed by atoms with Crippen LogP contribution in [-0.4, -0.2) is 18.0 Å². The summed E-state index contributed by atoms with van der Waals surface area (Å²) in [5, 5.41) is 2.83. The van der Waals surface area contributed by atoms with Crippen LogP contribution in [0.5, 0.6) is 5.88 Å². The molecule has 92 valence electrons. The van der Waals surface area contributed by atoms with Gasteiger partial charge in [0.25, 0.3) is 0 Å². The van der Waals surface area contributed by atoms with E-state index in [-0.39, 0.29) is 5.91 Å². The quantitative estimate of drug-likeness (QED) is 0.793. The Labute approximate surface area is 102 Å². The van der Waals surface area contributed by atoms with E-state index >= 15 is 0 Å². The number of rotatable bonds is 5. The third kappa shape index (κ3) is 4.26. The molecule has 0 aliphatic heterocycles. The third-order valence-electron chi connectivity index (χ3n) is 2.33. The second-order valence-corrected chi connectivity index (χ2v) is 3.69. The number of allylic oxidation sites excluding steroid dienone is 1. The lowest BCUT2D eigenvalue weighted by Gasteiger charge is -2.05. The van der Waals surface area contributed by atoms with E-state index < -0.39 is 0 Å². The predicted octanol–water partition coefficient (Wildman–Crippen LogP) is 2.06. The van der Waals surface area contributed by atoms with E-state index in [2.05, 4.69) is 10.3 Å². The molecule has 0 saturated carbocycles. The number of aromatic nitrogens is 1. The average Bonchev–Trinajstić information content (AvgIpc) is 2.36. The molecule has 1 aromatic heterocycles. The Bertz CT molecular complexity index is 396. The van der Waals surface area contributed by atoms with E-state index in [1.165, 1.54) is 0 Å². The summed E-state index contributed by atoms with van der Waals surface area (Å²) in [6.07, 6.45) is 4.46. The number of hydrogen-bond donors (Lipinski definition) is 1. The number of carbonyl (C=O) groups is 1. The van der Waals surface area contributed by atoms with Gasteiger partial charge >= 0.3 is 0 Å². The molecule has 17 heavy (non-hydrogen) atoms. The van der Waals surface area contributed by atoms with Gasteiger partial charge in [0.2, 0.25) is 11.8 Å². The van der Waals surface area contributed by atoms with Gasteiger partial charge in [-0.05, 0) is 18.9 Å². The van der Waals surface area contributed by atoms with Crippen LogP contribution < -0.4 is 10.1 Å². The molecule has 0 aliphatic rings. The number of carbonyl (C=O) groups excluding carboxylic acids is 1. The molecule has 0 atom stereocenters. The van der Waals surface area contributed by atoms with Gasteiger partial charge in [0.15, 0.2) is 0 Å². The van der Waals surface area contributed by atoms with Crippen molar-refractivity contribution in [1.82, 2.24) is 10.3 Å². The molecule has 1 heterocycles. The SMILES string of the molecule is CC/C=C(\C)C(=O)NCc1ccc(OC)nc1. The van der Waals surface area contributed by atoms with Crippen molar-refractivity contribution < 1.29 is 9.53 Å². The lowest BCUT2D eigenvalue weighted by atomic mass is 10.2. The average molecular weight is 234 g/mol. The number of ether oxygens (including phenoxy) is 1. The van der Waals surface area contributed by atoms with E-state index in [1.807, 2.05) is 26.0 Å². The van der Waals surface area contributed by atoms with Crippen molar-refractivity contribution >= 4 is 5.91 Å². The predicted molar refractivity (Wildman–Crippen MR) is 66.7 cm³/mol. The molecule has 0 aromatic carbocycles. The molecule has 4 nitrogen and oxygen atoms in total. The molecule has 4 heteroatoms. The Morgan fingerprint density at radius 1 is 1.53 bits per heavy atom. The van der Waals surface area contributed by atoms with E-state index in [0.717, 1.165) is 17.6 Å². The van der Waals surface area contributed by atoms with Gasteiger partial charge in [-0.2, -0.15) is 0 Å². The zero-order valence-corrected chi connectivity index (χ0v) is 10.5. The summed E-state index contributed by atoms with van der Waals surface area (Å²) in [5.41, 5.74) is 1.69. The fraction of sp³-hybridized carbons (Fsp3) is 0.385. The highest BCUT2D eigenvalue weighted by atomic mass is 16.5. The van der Waals surface area contributed by atoms with Crippen LogP contribution in [0.25, 0.3) is 0 Å². The second-order valence-electron chi connectivity index (χ2n) is 3.69. The Balaban J connectivity index is 2.50. The van der Waals surface area contributed by atoms with Crippen molar-refractivity contribution in [2.45, 2.75) is 26.8 Å². The van der Waals surface area contributed by atoms with Crippen LogP contribution in [0.1, 0.15) is 25.8 Å². The van der Waals surface area contributed by atoms with Crippen molar-refractivity contribution in [3.05, 3.63) is 35.5 Å². The Morgan fingerprint density at radius 2 is 2.29 bits per heavy atom. The van der Waals surface area contributed by atoms with Crippen LogP contribution >= 0.6 is 0 Å². The minimum absolute atomic E-state index is 0.0392. The third-order valence-corrected chi connectivity index (χ3v) is 2.33. The molecule has 0 bridgehead atoms. The smallest absolute Gasteiger partial charge is 0.246 e. The first-order chi connectivity index (χ1) is 8.17. The fourth-order valence-electron chi connectivity index (χ4n) is 1.36. The normalized spacial score (nSPS) is 11.1. The highest BCUT2D eigenvalue weighted by molar-refractivity contribution is 5.92. The van der Waals surface area contributed by atoms with E-state index in [0.29, 0.717) is 12.4 Å². The van der Waals surface area contributed by atoms with Gasteiger partial charge < -0.3 is 10.1 Å². The summed E-state index contributed by atoms with van der Waals surface area (Å²) in [5.74, 6) is 0.532. The zero-order valence-electron chi connectivity index (χ0n) is 10.5. The maximum absolute atomic E-state index is 11.6. The topological polar surface area (TPSA) is 51.2 Å². The molecular weight excluding hydrogens is 216 g/mol. The molecule has 0 aliphatic carbocycles. The Morgan fingerprint density at radius 3 is 2.82 bits per heavy atom. The van der Waals surface area contributed by atoms with Gasteiger partial charge in [0.05, 0.1) is 7.11 Å². The minimum Gasteiger partial charge on any atom is -0.481 e. The molecule has 1 rings (SSSR count). The maximum Gasteiger partial charge on any atom is 0.246 e. The van der Waals surface area contributed by atoms with Gasteiger partial charge in [-0.25, -0.2) is 4.98 Å². The summed E-state index contributed by atoms with van der Waals surface area (Å²) < 4.78 is 4.96. The van der Waals surface area contributed by atoms with Crippen molar-refractivity contribution in [3.63, 3.8) is 0 Å². The Hall–Kier alpha value is -1.84. The summed E-state index contributed by atoms with van der Waals surface area (Å²) >= 11 is 0. The van der Waals surface area contributed by atoms with Crippen LogP contribution in [-0.2, 0) is 11.3 Å². The lowest BCUT2D eigenvalue weighted by Crippen LogP contribution is -2.23.